The van der Waals surface area contributed by atoms with Crippen LogP contribution in [-0.2, 0) is 11.2 Å². The topological polar surface area (TPSA) is 49.4 Å². The second-order valence-electron chi connectivity index (χ2n) is 11.5. The van der Waals surface area contributed by atoms with Crippen LogP contribution in [0.15, 0.2) is 66.7 Å². The van der Waals surface area contributed by atoms with Gasteiger partial charge in [0.2, 0.25) is 5.91 Å². The van der Waals surface area contributed by atoms with E-state index in [1.165, 1.54) is 24.3 Å². The number of benzene rings is 3. The number of aryl methyl sites for hydroxylation is 1. The number of carbonyl (C=O) groups is 2. The SMILES string of the molecule is CNC1CCC([C@H](CCc2cc(-c3ccc(N(C)C(C)=O)cc3)ccc2F)CC(=O)c2sc3ccccc3c2Cl)CC1. The van der Waals surface area contributed by atoms with Crippen molar-refractivity contribution < 1.29 is 14.0 Å². The molecule has 1 amide bonds. The smallest absolute Gasteiger partial charge is 0.223 e. The van der Waals surface area contributed by atoms with Crippen LogP contribution in [0.25, 0.3) is 21.2 Å². The van der Waals surface area contributed by atoms with Crippen LogP contribution in [0.4, 0.5) is 10.1 Å². The number of nitrogens with one attached hydrogen (secondary N) is 1. The summed E-state index contributed by atoms with van der Waals surface area (Å²) in [4.78, 5) is 27.6. The molecule has 1 aliphatic carbocycles. The highest BCUT2D eigenvalue weighted by Crippen LogP contribution is 2.40. The Balaban J connectivity index is 1.35. The zero-order chi connectivity index (χ0) is 29.8. The molecule has 1 atom stereocenters. The lowest BCUT2D eigenvalue weighted by Crippen LogP contribution is -2.33. The largest absolute Gasteiger partial charge is 0.317 e. The third-order valence-corrected chi connectivity index (χ3v) is 10.7. The number of fused-ring (bicyclic) bond motifs is 1. The third kappa shape index (κ3) is 6.77. The zero-order valence-corrected chi connectivity index (χ0v) is 26.0. The van der Waals surface area contributed by atoms with Crippen molar-refractivity contribution in [2.45, 2.75) is 57.9 Å². The number of anilines is 1. The molecule has 1 saturated carbocycles. The minimum atomic E-state index is -0.219. The average Bonchev–Trinajstić information content (AvgIpc) is 3.36. The molecule has 1 fully saturated rings. The molecule has 1 aliphatic rings. The lowest BCUT2D eigenvalue weighted by atomic mass is 9.74. The highest BCUT2D eigenvalue weighted by molar-refractivity contribution is 7.21. The van der Waals surface area contributed by atoms with Crippen molar-refractivity contribution in [3.05, 3.63) is 88.0 Å². The first-order valence-corrected chi connectivity index (χ1v) is 15.9. The fourth-order valence-corrected chi connectivity index (χ4v) is 7.74. The Morgan fingerprint density at radius 2 is 1.71 bits per heavy atom. The molecule has 0 bridgehead atoms. The molecular formula is C35H38ClFN2O2S. The van der Waals surface area contributed by atoms with E-state index in [1.807, 2.05) is 61.6 Å². The van der Waals surface area contributed by atoms with Gasteiger partial charge in [0.1, 0.15) is 5.82 Å². The summed E-state index contributed by atoms with van der Waals surface area (Å²) in [6.45, 7) is 1.53. The van der Waals surface area contributed by atoms with Gasteiger partial charge in [0.05, 0.1) is 9.90 Å². The summed E-state index contributed by atoms with van der Waals surface area (Å²) in [6.07, 6.45) is 6.04. The monoisotopic (exact) mass is 604 g/mol. The normalized spacial score (nSPS) is 17.7. The number of rotatable bonds is 10. The molecule has 3 aromatic carbocycles. The minimum absolute atomic E-state index is 0.0334. The minimum Gasteiger partial charge on any atom is -0.317 e. The van der Waals surface area contributed by atoms with E-state index in [0.29, 0.717) is 40.3 Å². The van der Waals surface area contributed by atoms with Crippen LogP contribution >= 0.6 is 22.9 Å². The predicted octanol–water partition coefficient (Wildman–Crippen LogP) is 8.94. The maximum Gasteiger partial charge on any atom is 0.223 e. The molecule has 0 saturated heterocycles. The summed E-state index contributed by atoms with van der Waals surface area (Å²) < 4.78 is 16.1. The number of amides is 1. The fourth-order valence-electron chi connectivity index (χ4n) is 6.25. The Morgan fingerprint density at radius 1 is 1.02 bits per heavy atom. The van der Waals surface area contributed by atoms with Gasteiger partial charge < -0.3 is 10.2 Å². The Morgan fingerprint density at radius 3 is 2.38 bits per heavy atom. The van der Waals surface area contributed by atoms with Gasteiger partial charge in [0, 0.05) is 42.2 Å². The van der Waals surface area contributed by atoms with Crippen molar-refractivity contribution in [2.24, 2.45) is 11.8 Å². The predicted molar refractivity (Wildman–Crippen MR) is 173 cm³/mol. The summed E-state index contributed by atoms with van der Waals surface area (Å²) in [6, 6.07) is 21.4. The summed E-state index contributed by atoms with van der Waals surface area (Å²) >= 11 is 8.16. The highest BCUT2D eigenvalue weighted by atomic mass is 35.5. The van der Waals surface area contributed by atoms with E-state index in [9.17, 15) is 9.59 Å². The first-order valence-electron chi connectivity index (χ1n) is 14.8. The number of carbonyl (C=O) groups excluding carboxylic acids is 2. The standard InChI is InChI=1S/C35H38ClFN2O2S/c1-22(40)39(3)29-17-12-24(13-18-29)25-14-19-31(37)27(20-25)9-8-26(23-10-15-28(38-2)16-11-23)21-32(41)35-34(36)30-6-4-5-7-33(30)42-35/h4-7,12-14,17-20,23,26,28,38H,8-11,15-16,21H2,1-3H3/t23?,26-,28?/m1/s1. The van der Waals surface area contributed by atoms with E-state index in [1.54, 1.807) is 18.0 Å². The molecule has 1 N–H and O–H groups in total. The molecule has 0 unspecified atom stereocenters. The molecule has 0 spiro atoms. The summed E-state index contributed by atoms with van der Waals surface area (Å²) in [7, 11) is 3.76. The van der Waals surface area contributed by atoms with Gasteiger partial charge in [-0.1, -0.05) is 48.0 Å². The molecule has 7 heteroatoms. The van der Waals surface area contributed by atoms with Crippen LogP contribution in [0.1, 0.15) is 60.7 Å². The van der Waals surface area contributed by atoms with Crippen molar-refractivity contribution >= 4 is 50.4 Å². The van der Waals surface area contributed by atoms with E-state index in [-0.39, 0.29) is 23.4 Å². The lowest BCUT2D eigenvalue weighted by molar-refractivity contribution is -0.116. The Bertz CT molecular complexity index is 1560. The molecule has 5 rings (SSSR count). The van der Waals surface area contributed by atoms with Crippen LogP contribution in [-0.4, -0.2) is 31.8 Å². The van der Waals surface area contributed by atoms with E-state index in [0.717, 1.165) is 59.0 Å². The molecular weight excluding hydrogens is 567 g/mol. The van der Waals surface area contributed by atoms with Crippen LogP contribution < -0.4 is 10.2 Å². The quantitative estimate of drug-likeness (QED) is 0.184. The third-order valence-electron chi connectivity index (χ3n) is 8.97. The molecule has 220 valence electrons. The molecule has 4 aromatic rings. The summed E-state index contributed by atoms with van der Waals surface area (Å²) in [5.74, 6) is 0.411. The number of thiophene rings is 1. The molecule has 1 heterocycles. The van der Waals surface area contributed by atoms with Crippen LogP contribution in [0, 0.1) is 17.7 Å². The van der Waals surface area contributed by atoms with E-state index in [2.05, 4.69) is 5.32 Å². The average molecular weight is 605 g/mol. The molecule has 4 nitrogen and oxygen atoms in total. The van der Waals surface area contributed by atoms with Gasteiger partial charge >= 0.3 is 0 Å². The lowest BCUT2D eigenvalue weighted by Gasteiger charge is -2.34. The van der Waals surface area contributed by atoms with Crippen LogP contribution in [0.3, 0.4) is 0 Å². The Labute approximate surface area is 256 Å². The van der Waals surface area contributed by atoms with Crippen LogP contribution in [0.5, 0.6) is 0 Å². The van der Waals surface area contributed by atoms with Gasteiger partial charge in [-0.05, 0) is 104 Å². The van der Waals surface area contributed by atoms with Gasteiger partial charge in [-0.2, -0.15) is 0 Å². The molecule has 42 heavy (non-hydrogen) atoms. The van der Waals surface area contributed by atoms with E-state index >= 15 is 4.39 Å². The van der Waals surface area contributed by atoms with Crippen molar-refractivity contribution in [3.8, 4) is 11.1 Å². The summed E-state index contributed by atoms with van der Waals surface area (Å²) in [5.41, 5.74) is 3.38. The fraction of sp³-hybridized carbons (Fsp3) is 0.371. The Kier molecular flexibility index (Phi) is 9.77. The van der Waals surface area contributed by atoms with Gasteiger partial charge in [0.15, 0.2) is 5.78 Å². The second-order valence-corrected chi connectivity index (χ2v) is 12.9. The highest BCUT2D eigenvalue weighted by Gasteiger charge is 2.30. The number of nitrogens with zero attached hydrogens (tertiary/aromatic N) is 1. The first-order chi connectivity index (χ1) is 20.2. The van der Waals surface area contributed by atoms with Crippen molar-refractivity contribution in [1.29, 1.82) is 0 Å². The molecule has 0 radical (unpaired) electrons. The summed E-state index contributed by atoms with van der Waals surface area (Å²) in [5, 5.41) is 4.89. The molecule has 1 aromatic heterocycles. The van der Waals surface area contributed by atoms with Gasteiger partial charge in [0.25, 0.3) is 0 Å². The van der Waals surface area contributed by atoms with Crippen molar-refractivity contribution in [2.75, 3.05) is 19.0 Å². The van der Waals surface area contributed by atoms with Crippen molar-refractivity contribution in [1.82, 2.24) is 5.32 Å². The van der Waals surface area contributed by atoms with Crippen molar-refractivity contribution in [3.63, 3.8) is 0 Å². The van der Waals surface area contributed by atoms with Gasteiger partial charge in [-0.3, -0.25) is 9.59 Å². The number of hydrogen-bond acceptors (Lipinski definition) is 4. The maximum atomic E-state index is 15.1. The van der Waals surface area contributed by atoms with E-state index < -0.39 is 0 Å². The van der Waals surface area contributed by atoms with Gasteiger partial charge in [-0.25, -0.2) is 4.39 Å². The van der Waals surface area contributed by atoms with E-state index in [4.69, 9.17) is 11.6 Å². The number of ketones is 1. The number of hydrogen-bond donors (Lipinski definition) is 1. The number of Topliss-reactive ketones (excluding diaryl/α,β-unsaturated/α-hetero) is 1. The van der Waals surface area contributed by atoms with Crippen LogP contribution in [0.2, 0.25) is 5.02 Å². The maximum absolute atomic E-state index is 15.1. The van der Waals surface area contributed by atoms with Gasteiger partial charge in [-0.15, -0.1) is 11.3 Å². The zero-order valence-electron chi connectivity index (χ0n) is 24.5. The Hall–Kier alpha value is -3.06. The first kappa shape index (κ1) is 30.4. The molecule has 0 aliphatic heterocycles. The second kappa shape index (κ2) is 13.5. The number of halogens is 2.